The van der Waals surface area contributed by atoms with Gasteiger partial charge in [-0.3, -0.25) is 22.7 Å². The SMILES string of the molecule is C[N+](C)(CP(=O)([O-])O)C(C(O)(P(=O)(O)O)P(=O)(O)O)(P(=O)(O)O)P(=O)(O)O. The normalized spacial score (nSPS) is 18.3. The minimum absolute atomic E-state index is 0.148. The highest BCUT2D eigenvalue weighted by Gasteiger charge is 2.92. The molecule has 0 saturated heterocycles. The van der Waals surface area contributed by atoms with Crippen molar-refractivity contribution in [3.05, 3.63) is 0 Å². The van der Waals surface area contributed by atoms with Gasteiger partial charge in [0.2, 0.25) is 0 Å². The van der Waals surface area contributed by atoms with Crippen LogP contribution < -0.4 is 4.89 Å². The van der Waals surface area contributed by atoms with Gasteiger partial charge in [-0.2, -0.15) is 0 Å². The highest BCUT2D eigenvalue weighted by Crippen LogP contribution is 2.87. The molecule has 164 valence electrons. The van der Waals surface area contributed by atoms with Crippen LogP contribution >= 0.6 is 38.0 Å². The number of quaternary nitrogens is 1. The van der Waals surface area contributed by atoms with E-state index in [0.717, 1.165) is 0 Å². The number of likely N-dealkylation sites (N-methyl/N-ethyl adjacent to an activating group) is 1. The molecule has 0 saturated carbocycles. The summed E-state index contributed by atoms with van der Waals surface area (Å²) in [7, 11) is -33.3. The van der Waals surface area contributed by atoms with Crippen molar-refractivity contribution in [3.63, 3.8) is 0 Å². The zero-order valence-electron chi connectivity index (χ0n) is 13.3. The summed E-state index contributed by atoms with van der Waals surface area (Å²) < 4.78 is 56.1. The maximum absolute atomic E-state index is 12.0. The minimum atomic E-state index is -6.97. The molecule has 22 heteroatoms. The van der Waals surface area contributed by atoms with E-state index in [0.29, 0.717) is 0 Å². The molecule has 0 spiro atoms. The van der Waals surface area contributed by atoms with Crippen LogP contribution in [0.3, 0.4) is 0 Å². The molecule has 0 aliphatic carbocycles. The van der Waals surface area contributed by atoms with Gasteiger partial charge in [0.25, 0.3) is 0 Å². The Hall–Kier alpha value is 0.670. The highest BCUT2D eigenvalue weighted by molar-refractivity contribution is 7.80. The smallest absolute Gasteiger partial charge is 0.403 e. The molecule has 0 amide bonds. The quantitative estimate of drug-likeness (QED) is 0.114. The molecule has 0 aliphatic heterocycles. The molecule has 0 aromatic rings. The molecule has 1 atom stereocenters. The summed E-state index contributed by atoms with van der Waals surface area (Å²) in [4.78, 5) is 95.3. The summed E-state index contributed by atoms with van der Waals surface area (Å²) in [6.07, 6.45) is -2.12. The molecule has 0 radical (unpaired) electrons. The standard InChI is InChI=1S/C5H18NO16P5/c1-6(2,3-23(8,9)10)4(24(11,12)13,25(14,15)16)5(7,26(17,18)19)27(20,21)22/h7H,3H2,1-2H3,(H9-,8,9,10,11,12,13,14,15,16,17,18,19,20,21,22). The van der Waals surface area contributed by atoms with Crippen molar-refractivity contribution in [1.82, 2.24) is 0 Å². The van der Waals surface area contributed by atoms with Gasteiger partial charge in [0.15, 0.2) is 7.60 Å². The van der Waals surface area contributed by atoms with E-state index < -0.39 is 58.9 Å². The first-order valence-corrected chi connectivity index (χ1v) is 14.2. The van der Waals surface area contributed by atoms with Crippen LogP contribution in [0.1, 0.15) is 0 Å². The first-order valence-electron chi connectivity index (χ1n) is 6.01. The molecular weight excluding hydrogens is 485 g/mol. The summed E-state index contributed by atoms with van der Waals surface area (Å²) in [5.41, 5.74) is 0. The van der Waals surface area contributed by atoms with Crippen molar-refractivity contribution < 1.29 is 81.3 Å². The second-order valence-electron chi connectivity index (χ2n) is 5.91. The van der Waals surface area contributed by atoms with Gasteiger partial charge in [-0.15, -0.1) is 0 Å². The molecule has 0 aromatic carbocycles. The topological polar surface area (TPSA) is 311 Å². The van der Waals surface area contributed by atoms with Crippen LogP contribution in [-0.2, 0) is 22.8 Å². The lowest BCUT2D eigenvalue weighted by molar-refractivity contribution is -0.909. The molecule has 0 aromatic heterocycles. The van der Waals surface area contributed by atoms with Crippen LogP contribution in [0.15, 0.2) is 0 Å². The van der Waals surface area contributed by atoms with E-state index >= 15 is 0 Å². The van der Waals surface area contributed by atoms with E-state index in [2.05, 4.69) is 0 Å². The zero-order valence-corrected chi connectivity index (χ0v) is 17.8. The molecular formula is C5H18NO16P5. The van der Waals surface area contributed by atoms with Crippen molar-refractivity contribution in [2.75, 3.05) is 20.4 Å². The monoisotopic (exact) mass is 503 g/mol. The zero-order chi connectivity index (χ0) is 22.7. The molecule has 0 heterocycles. The lowest BCUT2D eigenvalue weighted by Crippen LogP contribution is -2.70. The van der Waals surface area contributed by atoms with Gasteiger partial charge in [-0.05, 0) is 0 Å². The van der Waals surface area contributed by atoms with Gasteiger partial charge < -0.3 is 58.6 Å². The number of nitrogens with zero attached hydrogens (tertiary/aromatic N) is 1. The number of hydrogen-bond acceptors (Lipinski definition) is 7. The van der Waals surface area contributed by atoms with Crippen LogP contribution in [0.5, 0.6) is 0 Å². The van der Waals surface area contributed by atoms with Crippen molar-refractivity contribution in [2.45, 2.75) is 10.1 Å². The molecule has 0 aliphatic rings. The Morgan fingerprint density at radius 1 is 0.704 bits per heavy atom. The van der Waals surface area contributed by atoms with Gasteiger partial charge >= 0.3 is 40.5 Å². The molecule has 17 nitrogen and oxygen atoms in total. The average molecular weight is 503 g/mol. The van der Waals surface area contributed by atoms with Gasteiger partial charge in [0.05, 0.1) is 14.1 Å². The Labute approximate surface area is 150 Å². The maximum Gasteiger partial charge on any atom is 0.403 e. The van der Waals surface area contributed by atoms with Gasteiger partial charge in [-0.25, -0.2) is 0 Å². The molecule has 27 heavy (non-hydrogen) atoms. The Morgan fingerprint density at radius 3 is 1.11 bits per heavy atom. The van der Waals surface area contributed by atoms with Crippen LogP contribution in [0.2, 0.25) is 0 Å². The first-order chi connectivity index (χ1) is 11.2. The van der Waals surface area contributed by atoms with E-state index in [9.17, 15) is 72.0 Å². The van der Waals surface area contributed by atoms with E-state index in [1.807, 2.05) is 0 Å². The Bertz CT molecular complexity index is 772. The summed E-state index contributed by atoms with van der Waals surface area (Å²) in [5, 5.41) is -0.415. The third-order valence-electron chi connectivity index (χ3n) is 3.45. The molecule has 0 rings (SSSR count). The van der Waals surface area contributed by atoms with Crippen LogP contribution in [0.4, 0.5) is 0 Å². The lowest BCUT2D eigenvalue weighted by atomic mass is 10.5. The fourth-order valence-electron chi connectivity index (χ4n) is 2.78. The van der Waals surface area contributed by atoms with E-state index in [-0.39, 0.29) is 14.1 Å². The third kappa shape index (κ3) is 4.41. The fourth-order valence-corrected chi connectivity index (χ4v) is 13.6. The number of hydrogen-bond donors (Lipinski definition) is 10. The summed E-state index contributed by atoms with van der Waals surface area (Å²) in [5.74, 6) is 0. The Balaban J connectivity index is 8.01. The largest absolute Gasteiger partial charge is 0.775 e. The number of aliphatic hydroxyl groups is 1. The Kier molecular flexibility index (Phi) is 7.30. The van der Waals surface area contributed by atoms with E-state index in [1.165, 1.54) is 0 Å². The minimum Gasteiger partial charge on any atom is -0.775 e. The van der Waals surface area contributed by atoms with Crippen LogP contribution in [0.25, 0.3) is 0 Å². The van der Waals surface area contributed by atoms with Gasteiger partial charge in [0.1, 0.15) is 6.29 Å². The van der Waals surface area contributed by atoms with Crippen molar-refractivity contribution >= 4 is 38.0 Å². The van der Waals surface area contributed by atoms with Crippen LogP contribution in [0, 0.1) is 0 Å². The molecule has 10 N–H and O–H groups in total. The van der Waals surface area contributed by atoms with Crippen molar-refractivity contribution in [3.8, 4) is 0 Å². The second-order valence-corrected chi connectivity index (χ2v) is 15.1. The molecule has 0 bridgehead atoms. The lowest BCUT2D eigenvalue weighted by Gasteiger charge is -2.53. The highest BCUT2D eigenvalue weighted by atomic mass is 31.3. The summed E-state index contributed by atoms with van der Waals surface area (Å²) >= 11 is 0. The predicted octanol–water partition coefficient (Wildman–Crippen LogP) is -3.42. The predicted molar refractivity (Wildman–Crippen MR) is 82.7 cm³/mol. The van der Waals surface area contributed by atoms with E-state index in [1.54, 1.807) is 0 Å². The van der Waals surface area contributed by atoms with E-state index in [4.69, 9.17) is 4.89 Å². The average Bonchev–Trinajstić information content (AvgIpc) is 2.16. The summed E-state index contributed by atoms with van der Waals surface area (Å²) in [6.45, 7) is 0. The van der Waals surface area contributed by atoms with Gasteiger partial charge in [-0.1, -0.05) is 0 Å². The second kappa shape index (κ2) is 7.12. The third-order valence-corrected chi connectivity index (χ3v) is 14.0. The van der Waals surface area contributed by atoms with Crippen molar-refractivity contribution in [1.29, 1.82) is 0 Å². The molecule has 1 unspecified atom stereocenters. The van der Waals surface area contributed by atoms with Gasteiger partial charge in [0, 0.05) is 0 Å². The number of rotatable bonds is 8. The maximum atomic E-state index is 12.0. The fraction of sp³-hybridized carbons (Fsp3) is 1.00. The summed E-state index contributed by atoms with van der Waals surface area (Å²) in [6, 6.07) is 0. The Morgan fingerprint density at radius 2 is 0.963 bits per heavy atom. The van der Waals surface area contributed by atoms with Crippen molar-refractivity contribution in [2.24, 2.45) is 0 Å². The first kappa shape index (κ1) is 27.7. The molecule has 0 fully saturated rings. The van der Waals surface area contributed by atoms with Crippen LogP contribution in [-0.4, -0.2) is 84.1 Å².